The molecule has 0 bridgehead atoms. The number of benzene rings is 10. The number of rotatable bonds is 4. The highest BCUT2D eigenvalue weighted by atomic mass is 32.1. The number of hydrogen-bond acceptors (Lipinski definition) is 2. The van der Waals surface area contributed by atoms with Crippen molar-refractivity contribution in [3.8, 4) is 22.3 Å². The SMILES string of the molecule is CC1(C)c2ccccc2-c2ccc(N(c3ccc(-c4ccccc4)cc3)c3ccc4c(c3)c3ccccc3c3c4ccc4c5cc6ccccc6cc5sc43)cc21. The molecule has 2 heteroatoms. The van der Waals surface area contributed by atoms with Gasteiger partial charge in [-0.15, -0.1) is 11.3 Å². The highest BCUT2D eigenvalue weighted by Crippen LogP contribution is 2.51. The Balaban J connectivity index is 1.09. The minimum Gasteiger partial charge on any atom is -0.310 e. The second-order valence-electron chi connectivity index (χ2n) is 16.1. The summed E-state index contributed by atoms with van der Waals surface area (Å²) >= 11 is 1.93. The van der Waals surface area contributed by atoms with Crippen molar-refractivity contribution < 1.29 is 0 Å². The summed E-state index contributed by atoms with van der Waals surface area (Å²) in [6, 6.07) is 70.1. The van der Waals surface area contributed by atoms with Crippen molar-refractivity contribution in [3.05, 3.63) is 199 Å². The van der Waals surface area contributed by atoms with Gasteiger partial charge in [0.25, 0.3) is 0 Å². The molecule has 0 spiro atoms. The lowest BCUT2D eigenvalue weighted by atomic mass is 9.82. The minimum absolute atomic E-state index is 0.103. The van der Waals surface area contributed by atoms with E-state index in [0.717, 1.165) is 17.1 Å². The molecule has 11 aromatic rings. The Hall–Kier alpha value is -6.74. The first kappa shape index (κ1) is 32.5. The van der Waals surface area contributed by atoms with Crippen molar-refractivity contribution in [2.24, 2.45) is 0 Å². The molecule has 0 atom stereocenters. The first-order chi connectivity index (χ1) is 28.0. The molecule has 0 aliphatic heterocycles. The van der Waals surface area contributed by atoms with Gasteiger partial charge in [-0.25, -0.2) is 0 Å². The summed E-state index contributed by atoms with van der Waals surface area (Å²) in [5.41, 5.74) is 11.2. The van der Waals surface area contributed by atoms with Gasteiger partial charge < -0.3 is 4.90 Å². The monoisotopic (exact) mass is 743 g/mol. The fraction of sp³-hybridized carbons (Fsp3) is 0.0545. The summed E-state index contributed by atoms with van der Waals surface area (Å²) in [5, 5.41) is 13.0. The lowest BCUT2D eigenvalue weighted by Gasteiger charge is -2.28. The van der Waals surface area contributed by atoms with Gasteiger partial charge in [0.05, 0.1) is 0 Å². The van der Waals surface area contributed by atoms with Crippen LogP contribution < -0.4 is 4.90 Å². The number of thiophene rings is 1. The van der Waals surface area contributed by atoms with Gasteiger partial charge in [0.2, 0.25) is 0 Å². The van der Waals surface area contributed by atoms with Crippen molar-refractivity contribution in [2.45, 2.75) is 19.3 Å². The van der Waals surface area contributed by atoms with E-state index in [1.807, 2.05) is 11.3 Å². The molecule has 1 heterocycles. The maximum atomic E-state index is 2.45. The third-order valence-electron chi connectivity index (χ3n) is 12.6. The first-order valence-corrected chi connectivity index (χ1v) is 20.7. The second kappa shape index (κ2) is 12.1. The number of anilines is 3. The Morgan fingerprint density at radius 1 is 0.386 bits per heavy atom. The summed E-state index contributed by atoms with van der Waals surface area (Å²) < 4.78 is 2.70. The van der Waals surface area contributed by atoms with E-state index in [1.165, 1.54) is 96.6 Å². The Morgan fingerprint density at radius 2 is 0.965 bits per heavy atom. The number of nitrogens with zero attached hydrogens (tertiary/aromatic N) is 1. The molecule has 0 unspecified atom stereocenters. The lowest BCUT2D eigenvalue weighted by molar-refractivity contribution is 0.660. The van der Waals surface area contributed by atoms with Gasteiger partial charge in [0.1, 0.15) is 0 Å². The van der Waals surface area contributed by atoms with E-state index in [9.17, 15) is 0 Å². The average Bonchev–Trinajstić information content (AvgIpc) is 3.74. The second-order valence-corrected chi connectivity index (χ2v) is 17.1. The third-order valence-corrected chi connectivity index (χ3v) is 13.8. The molecule has 1 nitrogen and oxygen atoms in total. The van der Waals surface area contributed by atoms with Crippen LogP contribution in [-0.2, 0) is 5.41 Å². The molecular weight excluding hydrogens is 707 g/mol. The topological polar surface area (TPSA) is 3.24 Å². The van der Waals surface area contributed by atoms with Crippen LogP contribution >= 0.6 is 11.3 Å². The highest BCUT2D eigenvalue weighted by molar-refractivity contribution is 7.27. The molecule has 57 heavy (non-hydrogen) atoms. The Kier molecular flexibility index (Phi) is 6.91. The first-order valence-electron chi connectivity index (χ1n) is 19.8. The predicted octanol–water partition coefficient (Wildman–Crippen LogP) is 16.1. The number of fused-ring (bicyclic) bond motifs is 14. The summed E-state index contributed by atoms with van der Waals surface area (Å²) in [6.45, 7) is 4.73. The highest BCUT2D eigenvalue weighted by Gasteiger charge is 2.35. The van der Waals surface area contributed by atoms with Crippen LogP contribution in [0, 0.1) is 0 Å². The van der Waals surface area contributed by atoms with Crippen molar-refractivity contribution in [2.75, 3.05) is 4.90 Å². The Bertz CT molecular complexity index is 3410. The summed E-state index contributed by atoms with van der Waals surface area (Å²) in [5.74, 6) is 0. The van der Waals surface area contributed by atoms with E-state index >= 15 is 0 Å². The summed E-state index contributed by atoms with van der Waals surface area (Å²) in [6.07, 6.45) is 0. The normalized spacial score (nSPS) is 13.2. The Morgan fingerprint density at radius 3 is 1.81 bits per heavy atom. The maximum absolute atomic E-state index is 2.45. The largest absolute Gasteiger partial charge is 0.310 e. The van der Waals surface area contributed by atoms with Crippen LogP contribution in [0.3, 0.4) is 0 Å². The molecule has 1 aliphatic rings. The molecule has 10 aromatic carbocycles. The van der Waals surface area contributed by atoms with E-state index in [1.54, 1.807) is 0 Å². The summed E-state index contributed by atoms with van der Waals surface area (Å²) in [4.78, 5) is 2.45. The zero-order valence-corrected chi connectivity index (χ0v) is 32.6. The zero-order valence-electron chi connectivity index (χ0n) is 31.8. The van der Waals surface area contributed by atoms with Crippen LogP contribution in [0.25, 0.3) is 85.5 Å². The van der Waals surface area contributed by atoms with E-state index in [2.05, 4.69) is 207 Å². The van der Waals surface area contributed by atoms with Crippen molar-refractivity contribution in [1.82, 2.24) is 0 Å². The zero-order chi connectivity index (χ0) is 37.8. The van der Waals surface area contributed by atoms with Gasteiger partial charge in [0, 0.05) is 48.0 Å². The van der Waals surface area contributed by atoms with E-state index in [0.29, 0.717) is 0 Å². The molecule has 268 valence electrons. The van der Waals surface area contributed by atoms with Crippen molar-refractivity contribution in [1.29, 1.82) is 0 Å². The molecule has 0 fully saturated rings. The third kappa shape index (κ3) is 4.81. The molecule has 0 saturated carbocycles. The molecule has 0 radical (unpaired) electrons. The summed E-state index contributed by atoms with van der Waals surface area (Å²) in [7, 11) is 0. The molecule has 0 N–H and O–H groups in total. The van der Waals surface area contributed by atoms with Gasteiger partial charge in [-0.3, -0.25) is 0 Å². The van der Waals surface area contributed by atoms with Crippen LogP contribution in [0.15, 0.2) is 188 Å². The van der Waals surface area contributed by atoms with Gasteiger partial charge in [-0.2, -0.15) is 0 Å². The van der Waals surface area contributed by atoms with Gasteiger partial charge in [-0.05, 0) is 120 Å². The molecule has 12 rings (SSSR count). The molecule has 0 saturated heterocycles. The molecular formula is C55H37NS. The van der Waals surface area contributed by atoms with Crippen LogP contribution in [-0.4, -0.2) is 0 Å². The fourth-order valence-corrected chi connectivity index (χ4v) is 11.1. The maximum Gasteiger partial charge on any atom is 0.0468 e. The minimum atomic E-state index is -0.103. The van der Waals surface area contributed by atoms with Gasteiger partial charge in [-0.1, -0.05) is 153 Å². The molecule has 1 aromatic heterocycles. The quantitative estimate of drug-likeness (QED) is 0.162. The predicted molar refractivity (Wildman–Crippen MR) is 247 cm³/mol. The van der Waals surface area contributed by atoms with Crippen LogP contribution in [0.4, 0.5) is 17.1 Å². The Labute approximate surface area is 335 Å². The van der Waals surface area contributed by atoms with Gasteiger partial charge >= 0.3 is 0 Å². The smallest absolute Gasteiger partial charge is 0.0468 e. The molecule has 0 amide bonds. The van der Waals surface area contributed by atoms with Crippen LogP contribution in [0.1, 0.15) is 25.0 Å². The average molecular weight is 744 g/mol. The van der Waals surface area contributed by atoms with Crippen LogP contribution in [0.2, 0.25) is 0 Å². The number of hydrogen-bond donors (Lipinski definition) is 0. The van der Waals surface area contributed by atoms with E-state index in [4.69, 9.17) is 0 Å². The standard InChI is InChI=1S/C55H37NS/c1-55(2)50-19-11-10-17-43(50)44-27-25-40(33-51(44)55)56(38-22-20-35(21-23-38)34-12-4-3-5-13-34)39-24-26-42-46-28-29-47-49-30-36-14-6-7-15-37(36)31-52(49)57-54(47)53(46)45-18-9-8-16-41(45)48(42)32-39/h3-33H,1-2H3. The van der Waals surface area contributed by atoms with E-state index in [-0.39, 0.29) is 5.41 Å². The van der Waals surface area contributed by atoms with Crippen molar-refractivity contribution in [3.63, 3.8) is 0 Å². The van der Waals surface area contributed by atoms with E-state index < -0.39 is 0 Å². The lowest BCUT2D eigenvalue weighted by Crippen LogP contribution is -2.16. The molecule has 1 aliphatic carbocycles. The van der Waals surface area contributed by atoms with Gasteiger partial charge in [0.15, 0.2) is 0 Å². The fourth-order valence-electron chi connectivity index (χ4n) is 9.79. The van der Waals surface area contributed by atoms with Crippen molar-refractivity contribution >= 4 is 91.7 Å². The van der Waals surface area contributed by atoms with Crippen LogP contribution in [0.5, 0.6) is 0 Å².